The Kier molecular flexibility index (Phi) is 4.58. The zero-order valence-electron chi connectivity index (χ0n) is 10.6. The summed E-state index contributed by atoms with van der Waals surface area (Å²) in [4.78, 5) is 11.5. The molecule has 0 spiro atoms. The first-order valence-corrected chi connectivity index (χ1v) is 6.79. The fourth-order valence-corrected chi connectivity index (χ4v) is 2.18. The van der Waals surface area contributed by atoms with Crippen molar-refractivity contribution in [2.75, 3.05) is 12.4 Å². The number of halogens is 1. The fourth-order valence-electron chi connectivity index (χ4n) is 1.75. The van der Waals surface area contributed by atoms with Crippen LogP contribution in [0.4, 0.5) is 5.69 Å². The minimum absolute atomic E-state index is 0.0791. The molecule has 0 saturated heterocycles. The molecule has 0 atom stereocenters. The third kappa shape index (κ3) is 3.58. The van der Waals surface area contributed by atoms with Crippen LogP contribution in [0, 0.1) is 0 Å². The summed E-state index contributed by atoms with van der Waals surface area (Å²) in [5.74, 6) is -0.0791. The molecule has 3 nitrogen and oxygen atoms in total. The first kappa shape index (κ1) is 13.6. The Morgan fingerprint density at radius 3 is 2.68 bits per heavy atom. The molecular weight excluding hydrogens is 304 g/mol. The molecule has 19 heavy (non-hydrogen) atoms. The molecule has 0 aliphatic heterocycles. The highest BCUT2D eigenvalue weighted by molar-refractivity contribution is 9.10. The zero-order chi connectivity index (χ0) is 13.7. The summed E-state index contributed by atoms with van der Waals surface area (Å²) in [5, 5.41) is 5.93. The summed E-state index contributed by atoms with van der Waals surface area (Å²) in [5.41, 5.74) is 2.75. The van der Waals surface area contributed by atoms with E-state index in [4.69, 9.17) is 0 Å². The fraction of sp³-hybridized carbons (Fsp3) is 0.133. The normalized spacial score (nSPS) is 10.0. The second-order valence-corrected chi connectivity index (χ2v) is 4.96. The molecule has 98 valence electrons. The number of amides is 1. The molecule has 1 amide bonds. The van der Waals surface area contributed by atoms with Crippen LogP contribution in [0.5, 0.6) is 0 Å². The predicted molar refractivity (Wildman–Crippen MR) is 81.3 cm³/mol. The zero-order valence-corrected chi connectivity index (χ0v) is 12.2. The van der Waals surface area contributed by atoms with Crippen molar-refractivity contribution in [1.82, 2.24) is 5.32 Å². The maximum absolute atomic E-state index is 11.5. The number of rotatable bonds is 4. The van der Waals surface area contributed by atoms with E-state index in [2.05, 4.69) is 32.6 Å². The van der Waals surface area contributed by atoms with Gasteiger partial charge in [0, 0.05) is 29.3 Å². The number of anilines is 1. The van der Waals surface area contributed by atoms with E-state index in [9.17, 15) is 4.79 Å². The number of benzene rings is 2. The van der Waals surface area contributed by atoms with Crippen molar-refractivity contribution >= 4 is 27.5 Å². The topological polar surface area (TPSA) is 41.1 Å². The second kappa shape index (κ2) is 6.38. The summed E-state index contributed by atoms with van der Waals surface area (Å²) in [6.07, 6.45) is 0. The third-order valence-corrected chi connectivity index (χ3v) is 3.57. The lowest BCUT2D eigenvalue weighted by atomic mass is 10.1. The minimum atomic E-state index is -0.0791. The van der Waals surface area contributed by atoms with Gasteiger partial charge in [-0.2, -0.15) is 0 Å². The van der Waals surface area contributed by atoms with Gasteiger partial charge >= 0.3 is 0 Å². The van der Waals surface area contributed by atoms with E-state index in [1.165, 1.54) is 5.56 Å². The molecule has 2 N–H and O–H groups in total. The summed E-state index contributed by atoms with van der Waals surface area (Å²) >= 11 is 3.51. The van der Waals surface area contributed by atoms with Crippen LogP contribution in [-0.2, 0) is 6.54 Å². The van der Waals surface area contributed by atoms with Crippen molar-refractivity contribution in [3.63, 3.8) is 0 Å². The van der Waals surface area contributed by atoms with Gasteiger partial charge in [0.05, 0.1) is 0 Å². The number of carbonyl (C=O) groups excluding carboxylic acids is 1. The van der Waals surface area contributed by atoms with E-state index in [1.807, 2.05) is 36.4 Å². The summed E-state index contributed by atoms with van der Waals surface area (Å²) in [7, 11) is 1.63. The third-order valence-electron chi connectivity index (χ3n) is 2.79. The van der Waals surface area contributed by atoms with Gasteiger partial charge in [-0.05, 0) is 29.8 Å². The average Bonchev–Trinajstić information content (AvgIpc) is 2.46. The smallest absolute Gasteiger partial charge is 0.251 e. The Balaban J connectivity index is 2.08. The molecule has 0 aliphatic carbocycles. The van der Waals surface area contributed by atoms with Crippen LogP contribution in [0.2, 0.25) is 0 Å². The molecule has 2 rings (SSSR count). The van der Waals surface area contributed by atoms with Gasteiger partial charge in [0.1, 0.15) is 0 Å². The standard InChI is InChI=1S/C15H15BrN2O/c1-17-15(19)11-6-4-7-13(9-11)18-10-12-5-2-3-8-14(12)16/h2-9,18H,10H2,1H3,(H,17,19). The number of hydrogen-bond acceptors (Lipinski definition) is 2. The highest BCUT2D eigenvalue weighted by Crippen LogP contribution is 2.18. The van der Waals surface area contributed by atoms with Crippen molar-refractivity contribution in [3.05, 3.63) is 64.1 Å². The van der Waals surface area contributed by atoms with Crippen molar-refractivity contribution in [2.45, 2.75) is 6.54 Å². The number of nitrogens with one attached hydrogen (secondary N) is 2. The van der Waals surface area contributed by atoms with Gasteiger partial charge in [0.15, 0.2) is 0 Å². The molecule has 2 aromatic rings. The molecule has 2 aromatic carbocycles. The SMILES string of the molecule is CNC(=O)c1cccc(NCc2ccccc2Br)c1. The van der Waals surface area contributed by atoms with Crippen molar-refractivity contribution in [2.24, 2.45) is 0 Å². The van der Waals surface area contributed by atoms with Crippen LogP contribution in [0.15, 0.2) is 53.0 Å². The van der Waals surface area contributed by atoms with Gasteiger partial charge in [-0.3, -0.25) is 4.79 Å². The second-order valence-electron chi connectivity index (χ2n) is 4.10. The maximum atomic E-state index is 11.5. The van der Waals surface area contributed by atoms with Crippen LogP contribution in [0.3, 0.4) is 0 Å². The van der Waals surface area contributed by atoms with E-state index < -0.39 is 0 Å². The van der Waals surface area contributed by atoms with Crippen LogP contribution in [0.25, 0.3) is 0 Å². The largest absolute Gasteiger partial charge is 0.381 e. The van der Waals surface area contributed by atoms with Crippen molar-refractivity contribution in [1.29, 1.82) is 0 Å². The number of hydrogen-bond donors (Lipinski definition) is 2. The first-order chi connectivity index (χ1) is 9.20. The summed E-state index contributed by atoms with van der Waals surface area (Å²) < 4.78 is 1.07. The Morgan fingerprint density at radius 1 is 1.16 bits per heavy atom. The Hall–Kier alpha value is -1.81. The molecule has 0 aliphatic rings. The lowest BCUT2D eigenvalue weighted by molar-refractivity contribution is 0.0963. The Bertz CT molecular complexity index is 584. The van der Waals surface area contributed by atoms with E-state index in [0.717, 1.165) is 10.2 Å². The molecule has 0 aromatic heterocycles. The first-order valence-electron chi connectivity index (χ1n) is 6.00. The maximum Gasteiger partial charge on any atom is 0.251 e. The van der Waals surface area contributed by atoms with Gasteiger partial charge < -0.3 is 10.6 Å². The Labute approximate surface area is 121 Å². The van der Waals surface area contributed by atoms with Crippen molar-refractivity contribution in [3.8, 4) is 0 Å². The average molecular weight is 319 g/mol. The van der Waals surface area contributed by atoms with Gasteiger partial charge in [-0.1, -0.05) is 40.2 Å². The van der Waals surface area contributed by atoms with Crippen LogP contribution in [-0.4, -0.2) is 13.0 Å². The molecular formula is C15H15BrN2O. The molecule has 4 heteroatoms. The number of carbonyl (C=O) groups is 1. The van der Waals surface area contributed by atoms with E-state index >= 15 is 0 Å². The Morgan fingerprint density at radius 2 is 1.95 bits per heavy atom. The summed E-state index contributed by atoms with van der Waals surface area (Å²) in [6.45, 7) is 0.707. The molecule has 0 bridgehead atoms. The van der Waals surface area contributed by atoms with Crippen molar-refractivity contribution < 1.29 is 4.79 Å². The lowest BCUT2D eigenvalue weighted by Crippen LogP contribution is -2.17. The van der Waals surface area contributed by atoms with Crippen LogP contribution < -0.4 is 10.6 Å². The minimum Gasteiger partial charge on any atom is -0.381 e. The van der Waals surface area contributed by atoms with E-state index in [-0.39, 0.29) is 5.91 Å². The molecule has 0 radical (unpaired) electrons. The molecule has 0 heterocycles. The van der Waals surface area contributed by atoms with E-state index in [0.29, 0.717) is 12.1 Å². The van der Waals surface area contributed by atoms with Crippen LogP contribution >= 0.6 is 15.9 Å². The molecule has 0 fully saturated rings. The van der Waals surface area contributed by atoms with Gasteiger partial charge in [-0.25, -0.2) is 0 Å². The lowest BCUT2D eigenvalue weighted by Gasteiger charge is -2.09. The monoisotopic (exact) mass is 318 g/mol. The van der Waals surface area contributed by atoms with Gasteiger partial charge in [0.25, 0.3) is 5.91 Å². The summed E-state index contributed by atoms with van der Waals surface area (Å²) in [6, 6.07) is 15.5. The van der Waals surface area contributed by atoms with Gasteiger partial charge in [-0.15, -0.1) is 0 Å². The predicted octanol–water partition coefficient (Wildman–Crippen LogP) is 3.42. The van der Waals surface area contributed by atoms with Gasteiger partial charge in [0.2, 0.25) is 0 Å². The van der Waals surface area contributed by atoms with Crippen LogP contribution in [0.1, 0.15) is 15.9 Å². The quantitative estimate of drug-likeness (QED) is 0.907. The molecule has 0 saturated carbocycles. The molecule has 0 unspecified atom stereocenters. The highest BCUT2D eigenvalue weighted by Gasteiger charge is 2.04. The van der Waals surface area contributed by atoms with E-state index in [1.54, 1.807) is 13.1 Å². The highest BCUT2D eigenvalue weighted by atomic mass is 79.9.